The van der Waals surface area contributed by atoms with Crippen LogP contribution in [0.15, 0.2) is 75.6 Å². The van der Waals surface area contributed by atoms with Gasteiger partial charge in [0.15, 0.2) is 0 Å². The van der Waals surface area contributed by atoms with E-state index in [1.165, 1.54) is 16.4 Å². The minimum Gasteiger partial charge on any atom is -0.266 e. The third-order valence-corrected chi connectivity index (χ3v) is 6.47. The molecule has 3 heterocycles. The molecule has 2 aromatic carbocycles. The molecule has 9 heteroatoms. The molecule has 3 aromatic heterocycles. The maximum atomic E-state index is 12.7. The number of para-hydroxylation sites is 2. The van der Waals surface area contributed by atoms with Crippen LogP contribution >= 0.6 is 34.7 Å². The Hall–Kier alpha value is -2.68. The molecule has 0 aliphatic carbocycles. The lowest BCUT2D eigenvalue weighted by molar-refractivity contribution is 0.790. The zero-order valence-electron chi connectivity index (χ0n) is 13.6. The molecule has 0 spiro atoms. The summed E-state index contributed by atoms with van der Waals surface area (Å²) in [5.41, 5.74) is 1.31. The van der Waals surface area contributed by atoms with Crippen LogP contribution in [0.5, 0.6) is 0 Å². The molecule has 132 valence electrons. The van der Waals surface area contributed by atoms with Crippen molar-refractivity contribution >= 4 is 49.9 Å². The summed E-state index contributed by atoms with van der Waals surface area (Å²) < 4.78 is 4.36. The second-order valence-electron chi connectivity index (χ2n) is 5.65. The van der Waals surface area contributed by atoms with Crippen LogP contribution in [0, 0.1) is 0 Å². The number of thiazole rings is 1. The first-order chi connectivity index (χ1) is 13.2. The summed E-state index contributed by atoms with van der Waals surface area (Å²) in [5.74, 6) is 0. The molecule has 27 heavy (non-hydrogen) atoms. The molecule has 0 N–H and O–H groups in total. The van der Waals surface area contributed by atoms with Crippen LogP contribution in [0.25, 0.3) is 20.9 Å². The predicted octanol–water partition coefficient (Wildman–Crippen LogP) is 4.29. The van der Waals surface area contributed by atoms with Gasteiger partial charge in [-0.25, -0.2) is 0 Å². The number of benzene rings is 2. The van der Waals surface area contributed by atoms with Crippen molar-refractivity contribution in [2.75, 3.05) is 0 Å². The van der Waals surface area contributed by atoms with Crippen molar-refractivity contribution < 1.29 is 0 Å². The molecule has 0 saturated carbocycles. The largest absolute Gasteiger partial charge is 0.291 e. The van der Waals surface area contributed by atoms with Crippen molar-refractivity contribution in [1.82, 2.24) is 24.4 Å². The van der Waals surface area contributed by atoms with Gasteiger partial charge in [0, 0.05) is 0 Å². The Bertz CT molecular complexity index is 1340. The number of rotatable bonds is 3. The molecule has 0 unspecified atom stereocenters. The third-order valence-electron chi connectivity index (χ3n) is 4.00. The Morgan fingerprint density at radius 2 is 1.78 bits per heavy atom. The molecule has 5 rings (SSSR count). The molecule has 0 atom stereocenters. The van der Waals surface area contributed by atoms with Gasteiger partial charge in [0.1, 0.15) is 5.02 Å². The molecule has 0 radical (unpaired) electrons. The van der Waals surface area contributed by atoms with Crippen LogP contribution < -0.4 is 5.56 Å². The number of hydrogen-bond donors (Lipinski definition) is 0. The van der Waals surface area contributed by atoms with E-state index in [4.69, 9.17) is 11.6 Å². The zero-order valence-corrected chi connectivity index (χ0v) is 16.0. The Morgan fingerprint density at radius 3 is 2.63 bits per heavy atom. The van der Waals surface area contributed by atoms with E-state index in [-0.39, 0.29) is 10.6 Å². The number of nitrogens with zero attached hydrogens (tertiary/aromatic N) is 5. The fourth-order valence-electron chi connectivity index (χ4n) is 2.76. The van der Waals surface area contributed by atoms with Gasteiger partial charge in [-0.1, -0.05) is 53.3 Å². The van der Waals surface area contributed by atoms with Crippen molar-refractivity contribution in [2.24, 2.45) is 0 Å². The van der Waals surface area contributed by atoms with Gasteiger partial charge in [-0.3, -0.25) is 9.20 Å². The summed E-state index contributed by atoms with van der Waals surface area (Å²) in [6.45, 7) is 0. The van der Waals surface area contributed by atoms with E-state index in [0.29, 0.717) is 15.7 Å². The molecule has 0 fully saturated rings. The quantitative estimate of drug-likeness (QED) is 0.443. The van der Waals surface area contributed by atoms with Gasteiger partial charge < -0.3 is 0 Å². The number of aromatic nitrogens is 5. The Labute approximate surface area is 166 Å². The third kappa shape index (κ3) is 2.73. The van der Waals surface area contributed by atoms with Gasteiger partial charge >= 0.3 is 0 Å². The second-order valence-corrected chi connectivity index (χ2v) is 8.04. The first-order valence-electron chi connectivity index (χ1n) is 7.96. The van der Waals surface area contributed by atoms with E-state index in [1.807, 2.05) is 46.9 Å². The summed E-state index contributed by atoms with van der Waals surface area (Å²) >= 11 is 9.20. The summed E-state index contributed by atoms with van der Waals surface area (Å²) in [6.07, 6.45) is 1.58. The molecule has 6 nitrogen and oxygen atoms in total. The highest BCUT2D eigenvalue weighted by Crippen LogP contribution is 2.34. The lowest BCUT2D eigenvalue weighted by Gasteiger charge is -2.07. The second kappa shape index (κ2) is 6.49. The predicted molar refractivity (Wildman–Crippen MR) is 107 cm³/mol. The van der Waals surface area contributed by atoms with E-state index in [0.717, 1.165) is 15.2 Å². The maximum absolute atomic E-state index is 12.7. The monoisotopic (exact) mass is 411 g/mol. The Morgan fingerprint density at radius 1 is 1.00 bits per heavy atom. The lowest BCUT2D eigenvalue weighted by atomic mass is 10.3. The van der Waals surface area contributed by atoms with Crippen molar-refractivity contribution in [3.63, 3.8) is 0 Å². The van der Waals surface area contributed by atoms with Gasteiger partial charge in [0.25, 0.3) is 5.56 Å². The molecular weight excluding hydrogens is 402 g/mol. The average Bonchev–Trinajstić information content (AvgIpc) is 3.26. The lowest BCUT2D eigenvalue weighted by Crippen LogP contribution is -2.21. The summed E-state index contributed by atoms with van der Waals surface area (Å²) in [4.78, 5) is 14.0. The SMILES string of the molecule is O=c1c(Cl)c(Sc2nnc3sc4ccccc4n23)cnn1-c1ccccc1. The van der Waals surface area contributed by atoms with Crippen molar-refractivity contribution in [1.29, 1.82) is 0 Å². The van der Waals surface area contributed by atoms with Gasteiger partial charge in [-0.15, -0.1) is 10.2 Å². The van der Waals surface area contributed by atoms with Crippen LogP contribution in [-0.4, -0.2) is 24.4 Å². The number of hydrogen-bond acceptors (Lipinski definition) is 6. The fraction of sp³-hybridized carbons (Fsp3) is 0. The Kier molecular flexibility index (Phi) is 3.96. The molecule has 0 saturated heterocycles. The van der Waals surface area contributed by atoms with Crippen LogP contribution in [0.1, 0.15) is 0 Å². The highest BCUT2D eigenvalue weighted by atomic mass is 35.5. The van der Waals surface area contributed by atoms with Gasteiger partial charge in [-0.2, -0.15) is 9.78 Å². The maximum Gasteiger partial charge on any atom is 0.291 e. The van der Waals surface area contributed by atoms with Crippen molar-refractivity contribution in [3.8, 4) is 5.69 Å². The van der Waals surface area contributed by atoms with Gasteiger partial charge in [0.2, 0.25) is 10.1 Å². The summed E-state index contributed by atoms with van der Waals surface area (Å²) in [7, 11) is 0. The van der Waals surface area contributed by atoms with Gasteiger partial charge in [0.05, 0.1) is 27.0 Å². The highest BCUT2D eigenvalue weighted by Gasteiger charge is 2.17. The summed E-state index contributed by atoms with van der Waals surface area (Å²) in [6, 6.07) is 17.2. The zero-order chi connectivity index (χ0) is 18.4. The molecule has 0 aliphatic heterocycles. The first-order valence-corrected chi connectivity index (χ1v) is 9.97. The van der Waals surface area contributed by atoms with Crippen LogP contribution in [0.3, 0.4) is 0 Å². The average molecular weight is 412 g/mol. The molecule has 0 aliphatic rings. The fourth-order valence-corrected chi connectivity index (χ4v) is 4.86. The van der Waals surface area contributed by atoms with Crippen molar-refractivity contribution in [3.05, 3.63) is 76.2 Å². The smallest absolute Gasteiger partial charge is 0.266 e. The van der Waals surface area contributed by atoms with Gasteiger partial charge in [-0.05, 0) is 36.0 Å². The highest BCUT2D eigenvalue weighted by molar-refractivity contribution is 7.99. The molecule has 5 aromatic rings. The van der Waals surface area contributed by atoms with Crippen LogP contribution in [0.2, 0.25) is 5.02 Å². The minimum atomic E-state index is -0.371. The van der Waals surface area contributed by atoms with E-state index in [1.54, 1.807) is 29.7 Å². The van der Waals surface area contributed by atoms with Crippen molar-refractivity contribution in [2.45, 2.75) is 10.1 Å². The number of halogens is 1. The van der Waals surface area contributed by atoms with Crippen LogP contribution in [0.4, 0.5) is 0 Å². The standard InChI is InChI=1S/C18H10ClN5OS2/c19-15-14(10-20-24(16(15)25)11-6-2-1-3-7-11)27-18-22-21-17-23(18)12-8-4-5-9-13(12)26-17/h1-10H. The topological polar surface area (TPSA) is 65.1 Å². The Balaban J connectivity index is 1.60. The van der Waals surface area contributed by atoms with E-state index >= 15 is 0 Å². The normalized spacial score (nSPS) is 11.4. The van der Waals surface area contributed by atoms with Crippen LogP contribution in [-0.2, 0) is 0 Å². The number of fused-ring (bicyclic) bond motifs is 3. The summed E-state index contributed by atoms with van der Waals surface area (Å²) in [5, 5.41) is 13.5. The molecule has 0 amide bonds. The molecule has 0 bridgehead atoms. The van der Waals surface area contributed by atoms with E-state index in [2.05, 4.69) is 15.3 Å². The minimum absolute atomic E-state index is 0.107. The van der Waals surface area contributed by atoms with E-state index < -0.39 is 0 Å². The first kappa shape index (κ1) is 16.5. The van der Waals surface area contributed by atoms with E-state index in [9.17, 15) is 4.79 Å². The molecular formula is C18H10ClN5OS2.